The van der Waals surface area contributed by atoms with Crippen LogP contribution in [0, 0.1) is 0 Å². The zero-order chi connectivity index (χ0) is 18.4. The minimum Gasteiger partial charge on any atom is -0.325 e. The Balaban J connectivity index is 1.76. The zero-order valence-electron chi connectivity index (χ0n) is 14.5. The van der Waals surface area contributed by atoms with Gasteiger partial charge in [-0.1, -0.05) is 41.9 Å². The topological polar surface area (TPSA) is 60.9 Å². The van der Waals surface area contributed by atoms with Gasteiger partial charge < -0.3 is 4.57 Å². The molecule has 0 spiro atoms. The zero-order valence-corrected chi connectivity index (χ0v) is 15.2. The summed E-state index contributed by atoms with van der Waals surface area (Å²) in [6, 6.07) is 14.2. The van der Waals surface area contributed by atoms with Gasteiger partial charge in [-0.2, -0.15) is 5.10 Å². The Kier molecular flexibility index (Phi) is 3.65. The molecule has 1 aromatic carbocycles. The van der Waals surface area contributed by atoms with E-state index in [-0.39, 0.29) is 6.04 Å². The fraction of sp³-hybridized carbons (Fsp3) is 0.100. The van der Waals surface area contributed by atoms with Crippen molar-refractivity contribution in [3.8, 4) is 11.3 Å². The lowest BCUT2D eigenvalue weighted by Crippen LogP contribution is -2.10. The van der Waals surface area contributed by atoms with Gasteiger partial charge in [-0.15, -0.1) is 0 Å². The molecule has 0 radical (unpaired) electrons. The minimum atomic E-state index is 0.000539. The van der Waals surface area contributed by atoms with E-state index >= 15 is 0 Å². The van der Waals surface area contributed by atoms with E-state index in [4.69, 9.17) is 16.7 Å². The fourth-order valence-corrected chi connectivity index (χ4v) is 3.57. The van der Waals surface area contributed by atoms with Crippen LogP contribution in [0.4, 0.5) is 0 Å². The van der Waals surface area contributed by atoms with Crippen molar-refractivity contribution in [1.82, 2.24) is 29.1 Å². The van der Waals surface area contributed by atoms with Crippen LogP contribution in [0.25, 0.3) is 27.9 Å². The molecule has 5 aromatic rings. The molecule has 6 nitrogen and oxygen atoms in total. The number of fused-ring (bicyclic) bond motifs is 2. The van der Waals surface area contributed by atoms with Crippen molar-refractivity contribution >= 4 is 28.3 Å². The first kappa shape index (κ1) is 16.0. The van der Waals surface area contributed by atoms with Gasteiger partial charge >= 0.3 is 0 Å². The summed E-state index contributed by atoms with van der Waals surface area (Å²) in [5.74, 6) is 0. The maximum Gasteiger partial charge on any atom is 0.155 e. The molecule has 0 N–H and O–H groups in total. The Bertz CT molecular complexity index is 1260. The van der Waals surface area contributed by atoms with Crippen LogP contribution in [-0.2, 0) is 0 Å². The van der Waals surface area contributed by atoms with Gasteiger partial charge in [0.15, 0.2) is 10.8 Å². The molecule has 1 atom stereocenters. The molecule has 0 aliphatic carbocycles. The molecule has 132 valence electrons. The number of halogens is 1. The van der Waals surface area contributed by atoms with E-state index in [2.05, 4.69) is 26.4 Å². The quantitative estimate of drug-likeness (QED) is 0.469. The van der Waals surface area contributed by atoms with Crippen LogP contribution in [-0.4, -0.2) is 29.1 Å². The first-order valence-electron chi connectivity index (χ1n) is 8.58. The molecule has 27 heavy (non-hydrogen) atoms. The Morgan fingerprint density at radius 3 is 2.74 bits per heavy atom. The van der Waals surface area contributed by atoms with E-state index in [1.807, 2.05) is 54.9 Å². The lowest BCUT2D eigenvalue weighted by atomic mass is 10.0. The van der Waals surface area contributed by atoms with E-state index < -0.39 is 0 Å². The summed E-state index contributed by atoms with van der Waals surface area (Å²) in [4.78, 5) is 12.9. The molecule has 0 unspecified atom stereocenters. The van der Waals surface area contributed by atoms with Crippen LogP contribution < -0.4 is 0 Å². The van der Waals surface area contributed by atoms with Gasteiger partial charge in [-0.3, -0.25) is 0 Å². The van der Waals surface area contributed by atoms with Crippen molar-refractivity contribution in [2.75, 3.05) is 0 Å². The van der Waals surface area contributed by atoms with E-state index in [1.54, 1.807) is 17.0 Å². The molecule has 0 aliphatic rings. The second-order valence-electron chi connectivity index (χ2n) is 6.37. The first-order valence-corrected chi connectivity index (χ1v) is 8.96. The van der Waals surface area contributed by atoms with Gasteiger partial charge in [-0.05, 0) is 19.1 Å². The van der Waals surface area contributed by atoms with Crippen molar-refractivity contribution in [3.63, 3.8) is 0 Å². The van der Waals surface area contributed by atoms with Crippen molar-refractivity contribution in [2.24, 2.45) is 0 Å². The first-order chi connectivity index (χ1) is 13.2. The van der Waals surface area contributed by atoms with Crippen LogP contribution in [0.5, 0.6) is 0 Å². The van der Waals surface area contributed by atoms with Gasteiger partial charge in [0.25, 0.3) is 0 Å². The highest BCUT2D eigenvalue weighted by atomic mass is 35.5. The highest BCUT2D eigenvalue weighted by Crippen LogP contribution is 2.32. The summed E-state index contributed by atoms with van der Waals surface area (Å²) in [7, 11) is 0. The highest BCUT2D eigenvalue weighted by molar-refractivity contribution is 6.29. The predicted molar refractivity (Wildman–Crippen MR) is 105 cm³/mol. The molecule has 0 bridgehead atoms. The van der Waals surface area contributed by atoms with E-state index in [0.717, 1.165) is 27.9 Å². The van der Waals surface area contributed by atoms with Gasteiger partial charge in [-0.25, -0.2) is 19.5 Å². The van der Waals surface area contributed by atoms with Gasteiger partial charge in [0.1, 0.15) is 12.0 Å². The number of nitrogens with zero attached hydrogens (tertiary/aromatic N) is 6. The maximum atomic E-state index is 6.26. The Hall–Kier alpha value is -3.25. The average molecular weight is 375 g/mol. The fourth-order valence-electron chi connectivity index (χ4n) is 3.40. The second kappa shape index (κ2) is 6.17. The molecular weight excluding hydrogens is 360 g/mol. The lowest BCUT2D eigenvalue weighted by Gasteiger charge is -2.19. The number of hydrogen-bond donors (Lipinski definition) is 0. The third kappa shape index (κ3) is 2.57. The minimum absolute atomic E-state index is 0.000539. The van der Waals surface area contributed by atoms with Crippen molar-refractivity contribution in [2.45, 2.75) is 13.0 Å². The standard InChI is InChI=1S/C20H15ClN6/c1-13(26-8-7-15-10-22-12-24-20(15)26)16-9-18-23-11-17(21)27(18)25-19(16)14-5-3-2-4-6-14/h2-13H,1H3/t13-/m0/s1. The highest BCUT2D eigenvalue weighted by Gasteiger charge is 2.19. The van der Waals surface area contributed by atoms with E-state index in [9.17, 15) is 0 Å². The summed E-state index contributed by atoms with van der Waals surface area (Å²) in [6.07, 6.45) is 7.03. The molecule has 5 rings (SSSR count). The predicted octanol–water partition coefficient (Wildman–Crippen LogP) is 4.40. The van der Waals surface area contributed by atoms with Crippen molar-refractivity contribution in [1.29, 1.82) is 0 Å². The summed E-state index contributed by atoms with van der Waals surface area (Å²) in [5.41, 5.74) is 4.54. The van der Waals surface area contributed by atoms with Gasteiger partial charge in [0, 0.05) is 28.9 Å². The number of imidazole rings is 1. The average Bonchev–Trinajstić information content (AvgIpc) is 3.31. The maximum absolute atomic E-state index is 6.26. The molecule has 0 saturated heterocycles. The van der Waals surface area contributed by atoms with Crippen LogP contribution in [0.1, 0.15) is 18.5 Å². The van der Waals surface area contributed by atoms with Crippen molar-refractivity contribution < 1.29 is 0 Å². The Labute approximate surface area is 160 Å². The Morgan fingerprint density at radius 1 is 1.04 bits per heavy atom. The SMILES string of the molecule is C[C@@H](c1cc2ncc(Cl)n2nc1-c1ccccc1)n1ccc2cncnc21. The molecule has 0 amide bonds. The van der Waals surface area contributed by atoms with Gasteiger partial charge in [0.05, 0.1) is 17.9 Å². The number of aromatic nitrogens is 6. The van der Waals surface area contributed by atoms with E-state index in [1.165, 1.54) is 0 Å². The molecule has 4 aromatic heterocycles. The molecule has 7 heteroatoms. The molecule has 4 heterocycles. The summed E-state index contributed by atoms with van der Waals surface area (Å²) < 4.78 is 3.79. The monoisotopic (exact) mass is 374 g/mol. The van der Waals surface area contributed by atoms with Crippen LogP contribution in [0.2, 0.25) is 5.15 Å². The molecule has 0 aliphatic heterocycles. The van der Waals surface area contributed by atoms with Crippen LogP contribution in [0.3, 0.4) is 0 Å². The lowest BCUT2D eigenvalue weighted by molar-refractivity contribution is 0.653. The molecular formula is C20H15ClN6. The second-order valence-corrected chi connectivity index (χ2v) is 6.75. The van der Waals surface area contributed by atoms with Crippen LogP contribution in [0.15, 0.2) is 67.4 Å². The normalized spacial score (nSPS) is 12.7. The smallest absolute Gasteiger partial charge is 0.155 e. The van der Waals surface area contributed by atoms with Crippen molar-refractivity contribution in [3.05, 3.63) is 78.1 Å². The molecule has 0 fully saturated rings. The third-order valence-corrected chi connectivity index (χ3v) is 5.03. The largest absolute Gasteiger partial charge is 0.325 e. The number of rotatable bonds is 3. The molecule has 0 saturated carbocycles. The summed E-state index contributed by atoms with van der Waals surface area (Å²) in [5, 5.41) is 6.28. The number of benzene rings is 1. The number of hydrogen-bond acceptors (Lipinski definition) is 4. The van der Waals surface area contributed by atoms with E-state index in [0.29, 0.717) is 10.8 Å². The van der Waals surface area contributed by atoms with Gasteiger partial charge in [0.2, 0.25) is 0 Å². The Morgan fingerprint density at radius 2 is 1.89 bits per heavy atom. The summed E-state index contributed by atoms with van der Waals surface area (Å²) >= 11 is 6.26. The van der Waals surface area contributed by atoms with Crippen LogP contribution >= 0.6 is 11.6 Å². The third-order valence-electron chi connectivity index (χ3n) is 4.77. The summed E-state index contributed by atoms with van der Waals surface area (Å²) in [6.45, 7) is 2.13.